The van der Waals surface area contributed by atoms with Crippen molar-refractivity contribution in [1.29, 1.82) is 0 Å². The second-order valence-electron chi connectivity index (χ2n) is 12.9. The summed E-state index contributed by atoms with van der Waals surface area (Å²) in [4.78, 5) is 0. The lowest BCUT2D eigenvalue weighted by molar-refractivity contribution is 1.64. The molecule has 0 radical (unpaired) electrons. The van der Waals surface area contributed by atoms with Crippen molar-refractivity contribution in [1.82, 2.24) is 0 Å². The zero-order chi connectivity index (χ0) is 31.6. The first-order valence-corrected chi connectivity index (χ1v) is 16.7. The molecule has 0 heterocycles. The normalized spacial score (nSPS) is 11.8. The molecular formula is C48H30. The predicted octanol–water partition coefficient (Wildman–Crippen LogP) is 13.6. The molecule has 0 aromatic heterocycles. The molecule has 0 spiro atoms. The summed E-state index contributed by atoms with van der Waals surface area (Å²) in [7, 11) is 0. The molecule has 10 rings (SSSR count). The van der Waals surface area contributed by atoms with Crippen LogP contribution in [0.2, 0.25) is 0 Å². The van der Waals surface area contributed by atoms with Crippen molar-refractivity contribution in [3.05, 3.63) is 182 Å². The maximum absolute atomic E-state index is 2.41. The highest BCUT2D eigenvalue weighted by Crippen LogP contribution is 2.44. The van der Waals surface area contributed by atoms with Crippen LogP contribution >= 0.6 is 0 Å². The number of hydrogen-bond acceptors (Lipinski definition) is 0. The predicted molar refractivity (Wildman–Crippen MR) is 208 cm³/mol. The standard InChI is InChI=1S/C48H30/c1-3-12-33-28-35(22-20-31(33)10-1)39-18-9-19-46-38(26-27-40(48(39)46)36-23-21-32-11-2-4-13-34(32)29-36)37-24-25-45-43-16-6-5-14-41(43)42-15-7-8-17-44(42)47(45)30-37/h1-30H. The quantitative estimate of drug-likeness (QED) is 0.176. The fraction of sp³-hybridized carbons (Fsp3) is 0. The number of rotatable bonds is 3. The Morgan fingerprint density at radius 3 is 1.23 bits per heavy atom. The van der Waals surface area contributed by atoms with Crippen LogP contribution in [0, 0.1) is 0 Å². The molecule has 0 amide bonds. The van der Waals surface area contributed by atoms with Gasteiger partial charge >= 0.3 is 0 Å². The van der Waals surface area contributed by atoms with Gasteiger partial charge in [0.05, 0.1) is 0 Å². The van der Waals surface area contributed by atoms with Crippen LogP contribution in [0.25, 0.3) is 98.0 Å². The Balaban J connectivity index is 1.27. The first-order chi connectivity index (χ1) is 23.8. The van der Waals surface area contributed by atoms with E-state index in [2.05, 4.69) is 182 Å². The van der Waals surface area contributed by atoms with E-state index in [1.165, 1.54) is 98.0 Å². The molecule has 222 valence electrons. The number of hydrogen-bond donors (Lipinski definition) is 0. The highest BCUT2D eigenvalue weighted by Gasteiger charge is 2.16. The van der Waals surface area contributed by atoms with Crippen molar-refractivity contribution in [3.8, 4) is 33.4 Å². The zero-order valence-corrected chi connectivity index (χ0v) is 26.3. The molecule has 0 nitrogen and oxygen atoms in total. The van der Waals surface area contributed by atoms with Gasteiger partial charge in [-0.05, 0) is 116 Å². The molecule has 0 aliphatic rings. The van der Waals surface area contributed by atoms with E-state index in [1.54, 1.807) is 0 Å². The van der Waals surface area contributed by atoms with Gasteiger partial charge in [-0.15, -0.1) is 0 Å². The molecular weight excluding hydrogens is 577 g/mol. The Bertz CT molecular complexity index is 2770. The van der Waals surface area contributed by atoms with Crippen LogP contribution in [0.1, 0.15) is 0 Å². The molecule has 0 unspecified atom stereocenters. The number of fused-ring (bicyclic) bond motifs is 9. The molecule has 0 saturated carbocycles. The van der Waals surface area contributed by atoms with Crippen molar-refractivity contribution in [2.75, 3.05) is 0 Å². The third kappa shape index (κ3) is 4.16. The molecule has 0 heteroatoms. The van der Waals surface area contributed by atoms with Gasteiger partial charge in [0.2, 0.25) is 0 Å². The lowest BCUT2D eigenvalue weighted by Crippen LogP contribution is -1.91. The van der Waals surface area contributed by atoms with Gasteiger partial charge in [-0.25, -0.2) is 0 Å². The Morgan fingerprint density at radius 2 is 0.625 bits per heavy atom. The van der Waals surface area contributed by atoms with Crippen molar-refractivity contribution >= 4 is 64.6 Å². The minimum absolute atomic E-state index is 1.23. The smallest absolute Gasteiger partial charge is 0.00206 e. The van der Waals surface area contributed by atoms with Gasteiger partial charge < -0.3 is 0 Å². The molecule has 10 aromatic carbocycles. The van der Waals surface area contributed by atoms with E-state index in [4.69, 9.17) is 0 Å². The SMILES string of the molecule is c1ccc2cc(-c3cccc4c(-c5ccc6c7ccccc7c7ccccc7c6c5)ccc(-c5ccc6ccccc6c5)c34)ccc2c1. The summed E-state index contributed by atoms with van der Waals surface area (Å²) < 4.78 is 0. The Morgan fingerprint density at radius 1 is 0.208 bits per heavy atom. The molecule has 0 aliphatic heterocycles. The lowest BCUT2D eigenvalue weighted by Gasteiger charge is -2.18. The zero-order valence-electron chi connectivity index (χ0n) is 26.3. The van der Waals surface area contributed by atoms with E-state index >= 15 is 0 Å². The van der Waals surface area contributed by atoms with Crippen molar-refractivity contribution < 1.29 is 0 Å². The van der Waals surface area contributed by atoms with Crippen molar-refractivity contribution in [2.24, 2.45) is 0 Å². The van der Waals surface area contributed by atoms with Crippen LogP contribution in [0.4, 0.5) is 0 Å². The van der Waals surface area contributed by atoms with Crippen LogP contribution in [0.3, 0.4) is 0 Å². The first-order valence-electron chi connectivity index (χ1n) is 16.7. The fourth-order valence-corrected chi connectivity index (χ4v) is 7.93. The molecule has 48 heavy (non-hydrogen) atoms. The van der Waals surface area contributed by atoms with E-state index in [1.807, 2.05) is 0 Å². The molecule has 0 fully saturated rings. The summed E-state index contributed by atoms with van der Waals surface area (Å²) in [5.41, 5.74) is 7.44. The highest BCUT2D eigenvalue weighted by molar-refractivity contribution is 6.26. The van der Waals surface area contributed by atoms with Crippen LogP contribution < -0.4 is 0 Å². The van der Waals surface area contributed by atoms with Gasteiger partial charge in [-0.2, -0.15) is 0 Å². The summed E-state index contributed by atoms with van der Waals surface area (Å²) in [6.45, 7) is 0. The van der Waals surface area contributed by atoms with Gasteiger partial charge in [0, 0.05) is 0 Å². The molecule has 0 N–H and O–H groups in total. The van der Waals surface area contributed by atoms with Crippen LogP contribution in [0.5, 0.6) is 0 Å². The van der Waals surface area contributed by atoms with Gasteiger partial charge in [0.1, 0.15) is 0 Å². The fourth-order valence-electron chi connectivity index (χ4n) is 7.93. The second-order valence-corrected chi connectivity index (χ2v) is 12.9. The minimum Gasteiger partial charge on any atom is -0.0616 e. The topological polar surface area (TPSA) is 0 Å². The van der Waals surface area contributed by atoms with Crippen LogP contribution in [0.15, 0.2) is 182 Å². The monoisotopic (exact) mass is 606 g/mol. The third-order valence-corrected chi connectivity index (χ3v) is 10.2. The molecule has 0 bridgehead atoms. The van der Waals surface area contributed by atoms with Gasteiger partial charge in [-0.1, -0.05) is 164 Å². The summed E-state index contributed by atoms with van der Waals surface area (Å²) in [5.74, 6) is 0. The molecule has 0 saturated heterocycles. The van der Waals surface area contributed by atoms with E-state index in [9.17, 15) is 0 Å². The Kier molecular flexibility index (Phi) is 5.98. The average molecular weight is 607 g/mol. The average Bonchev–Trinajstić information content (AvgIpc) is 3.17. The van der Waals surface area contributed by atoms with E-state index in [0.29, 0.717) is 0 Å². The summed E-state index contributed by atoms with van der Waals surface area (Å²) >= 11 is 0. The lowest BCUT2D eigenvalue weighted by atomic mass is 9.86. The Labute approximate surface area is 279 Å². The summed E-state index contributed by atoms with van der Waals surface area (Å²) in [6, 6.07) is 67.2. The largest absolute Gasteiger partial charge is 0.0616 e. The van der Waals surface area contributed by atoms with E-state index in [-0.39, 0.29) is 0 Å². The third-order valence-electron chi connectivity index (χ3n) is 10.2. The Hall–Kier alpha value is -6.24. The van der Waals surface area contributed by atoms with Gasteiger partial charge in [0.15, 0.2) is 0 Å². The van der Waals surface area contributed by atoms with Crippen molar-refractivity contribution in [2.45, 2.75) is 0 Å². The maximum atomic E-state index is 2.41. The molecule has 0 atom stereocenters. The first kappa shape index (κ1) is 26.9. The summed E-state index contributed by atoms with van der Waals surface area (Å²) in [6.07, 6.45) is 0. The molecule has 0 aliphatic carbocycles. The number of benzene rings is 10. The minimum atomic E-state index is 1.23. The van der Waals surface area contributed by atoms with E-state index in [0.717, 1.165) is 0 Å². The van der Waals surface area contributed by atoms with Gasteiger partial charge in [0.25, 0.3) is 0 Å². The van der Waals surface area contributed by atoms with E-state index < -0.39 is 0 Å². The van der Waals surface area contributed by atoms with Crippen molar-refractivity contribution in [3.63, 3.8) is 0 Å². The highest BCUT2D eigenvalue weighted by atomic mass is 14.2. The van der Waals surface area contributed by atoms with Crippen LogP contribution in [-0.2, 0) is 0 Å². The van der Waals surface area contributed by atoms with Gasteiger partial charge in [-0.3, -0.25) is 0 Å². The second kappa shape index (κ2) is 10.7. The maximum Gasteiger partial charge on any atom is -0.00206 e. The van der Waals surface area contributed by atoms with Crippen LogP contribution in [-0.4, -0.2) is 0 Å². The summed E-state index contributed by atoms with van der Waals surface area (Å²) in [5, 5.41) is 15.3. The molecule has 10 aromatic rings.